The third kappa shape index (κ3) is 2.65. The van der Waals surface area contributed by atoms with Gasteiger partial charge in [-0.3, -0.25) is 14.0 Å². The predicted octanol–water partition coefficient (Wildman–Crippen LogP) is 0.817. The molecular weight excluding hydrogens is 328 g/mol. The van der Waals surface area contributed by atoms with Gasteiger partial charge in [-0.05, 0) is 12.1 Å². The maximum absolute atomic E-state index is 12.3. The van der Waals surface area contributed by atoms with Crippen LogP contribution in [0.4, 0.5) is 0 Å². The summed E-state index contributed by atoms with van der Waals surface area (Å²) in [4.78, 5) is 29.6. The quantitative estimate of drug-likeness (QED) is 0.593. The molecule has 9 heteroatoms. The van der Waals surface area contributed by atoms with Gasteiger partial charge in [0.1, 0.15) is 12.1 Å². The highest BCUT2D eigenvalue weighted by atomic mass is 32.1. The number of nitrogens with one attached hydrogen (secondary N) is 1. The van der Waals surface area contributed by atoms with Crippen LogP contribution in [0.25, 0.3) is 15.9 Å². The number of thiazole rings is 1. The van der Waals surface area contributed by atoms with Crippen LogP contribution in [0.2, 0.25) is 0 Å². The minimum absolute atomic E-state index is 0.182. The van der Waals surface area contributed by atoms with Gasteiger partial charge >= 0.3 is 0 Å². The molecule has 3 heterocycles. The Bertz CT molecular complexity index is 1070. The molecule has 0 spiro atoms. The highest BCUT2D eigenvalue weighted by Crippen LogP contribution is 2.11. The van der Waals surface area contributed by atoms with Gasteiger partial charge in [0.15, 0.2) is 4.96 Å². The lowest BCUT2D eigenvalue weighted by atomic mass is 10.2. The number of carbonyl (C=O) groups excluding carboxylic acids is 1. The van der Waals surface area contributed by atoms with Crippen molar-refractivity contribution in [1.82, 2.24) is 29.7 Å². The van der Waals surface area contributed by atoms with Crippen LogP contribution in [0.3, 0.4) is 0 Å². The van der Waals surface area contributed by atoms with Crippen molar-refractivity contribution >= 4 is 33.1 Å². The number of benzene rings is 1. The smallest absolute Gasteiger partial charge is 0.278 e. The predicted molar refractivity (Wildman–Crippen MR) is 88.7 cm³/mol. The van der Waals surface area contributed by atoms with Gasteiger partial charge in [-0.25, -0.2) is 9.67 Å². The Labute approximate surface area is 139 Å². The van der Waals surface area contributed by atoms with Gasteiger partial charge in [0.2, 0.25) is 5.91 Å². The molecule has 0 aliphatic heterocycles. The molecule has 120 valence electrons. The van der Waals surface area contributed by atoms with E-state index in [1.165, 1.54) is 11.3 Å². The Morgan fingerprint density at radius 2 is 2.17 bits per heavy atom. The first-order valence-electron chi connectivity index (χ1n) is 7.21. The normalized spacial score (nSPS) is 11.2. The summed E-state index contributed by atoms with van der Waals surface area (Å²) in [6, 6.07) is 6.90. The molecule has 3 aromatic heterocycles. The van der Waals surface area contributed by atoms with Gasteiger partial charge in [0, 0.05) is 17.8 Å². The topological polar surface area (TPSA) is 94.2 Å². The minimum Gasteiger partial charge on any atom is -0.349 e. The molecule has 0 atom stereocenters. The second-order valence-corrected chi connectivity index (χ2v) is 6.04. The molecular formula is C15H12N6O2S. The van der Waals surface area contributed by atoms with Crippen LogP contribution >= 0.6 is 11.3 Å². The number of amides is 1. The first kappa shape index (κ1) is 14.5. The van der Waals surface area contributed by atoms with Crippen LogP contribution in [-0.4, -0.2) is 30.3 Å². The molecule has 1 amide bonds. The van der Waals surface area contributed by atoms with Crippen LogP contribution in [0, 0.1) is 0 Å². The molecule has 0 bridgehead atoms. The van der Waals surface area contributed by atoms with E-state index >= 15 is 0 Å². The van der Waals surface area contributed by atoms with Crippen molar-refractivity contribution in [1.29, 1.82) is 0 Å². The summed E-state index contributed by atoms with van der Waals surface area (Å²) in [7, 11) is 0. The fourth-order valence-electron chi connectivity index (χ4n) is 2.37. The van der Waals surface area contributed by atoms with Crippen molar-refractivity contribution in [2.24, 2.45) is 0 Å². The van der Waals surface area contributed by atoms with E-state index in [0.717, 1.165) is 15.3 Å². The number of hydrogen-bond acceptors (Lipinski definition) is 6. The summed E-state index contributed by atoms with van der Waals surface area (Å²) in [5.74, 6) is -0.321. The monoisotopic (exact) mass is 340 g/mol. The van der Waals surface area contributed by atoms with Crippen LogP contribution in [0.1, 0.15) is 5.69 Å². The Balaban J connectivity index is 1.47. The number of hydrogen-bond donors (Lipinski definition) is 1. The molecule has 0 aliphatic rings. The number of rotatable bonds is 4. The van der Waals surface area contributed by atoms with E-state index in [2.05, 4.69) is 20.6 Å². The SMILES string of the molecule is O=C(Cn1nnc2ccccc2c1=O)NCc1cn2ccsc2n1. The number of fused-ring (bicyclic) bond motifs is 2. The average molecular weight is 340 g/mol. The molecule has 8 nitrogen and oxygen atoms in total. The van der Waals surface area contributed by atoms with Crippen molar-refractivity contribution < 1.29 is 4.79 Å². The summed E-state index contributed by atoms with van der Waals surface area (Å²) in [5, 5.41) is 12.9. The Morgan fingerprint density at radius 3 is 3.04 bits per heavy atom. The first-order chi connectivity index (χ1) is 11.7. The molecule has 0 saturated carbocycles. The van der Waals surface area contributed by atoms with E-state index < -0.39 is 0 Å². The molecule has 24 heavy (non-hydrogen) atoms. The maximum Gasteiger partial charge on any atom is 0.278 e. The first-order valence-corrected chi connectivity index (χ1v) is 8.09. The van der Waals surface area contributed by atoms with Crippen molar-refractivity contribution in [3.63, 3.8) is 0 Å². The summed E-state index contributed by atoms with van der Waals surface area (Å²) >= 11 is 1.52. The lowest BCUT2D eigenvalue weighted by Crippen LogP contribution is -2.34. The molecule has 4 rings (SSSR count). The average Bonchev–Trinajstić information content (AvgIpc) is 3.17. The fourth-order valence-corrected chi connectivity index (χ4v) is 3.09. The Morgan fingerprint density at radius 1 is 1.29 bits per heavy atom. The van der Waals surface area contributed by atoms with Gasteiger partial charge < -0.3 is 5.32 Å². The number of imidazole rings is 1. The van der Waals surface area contributed by atoms with Crippen LogP contribution in [0.5, 0.6) is 0 Å². The zero-order valence-corrected chi connectivity index (χ0v) is 13.2. The summed E-state index contributed by atoms with van der Waals surface area (Å²) in [6.07, 6.45) is 3.76. The summed E-state index contributed by atoms with van der Waals surface area (Å²) in [6.45, 7) is 0.113. The van der Waals surface area contributed by atoms with Crippen molar-refractivity contribution in [3.8, 4) is 0 Å². The van der Waals surface area contributed by atoms with Crippen molar-refractivity contribution in [2.45, 2.75) is 13.1 Å². The van der Waals surface area contributed by atoms with Crippen molar-refractivity contribution in [3.05, 3.63) is 58.1 Å². The molecule has 0 unspecified atom stereocenters. The molecule has 0 saturated heterocycles. The molecule has 1 aromatic carbocycles. The van der Waals surface area contributed by atoms with Crippen LogP contribution in [-0.2, 0) is 17.9 Å². The standard InChI is InChI=1S/C15H12N6O2S/c22-13(16-7-10-8-20-5-6-24-15(20)17-10)9-21-14(23)11-3-1-2-4-12(11)18-19-21/h1-6,8H,7,9H2,(H,16,22). The summed E-state index contributed by atoms with van der Waals surface area (Å²) < 4.78 is 2.95. The summed E-state index contributed by atoms with van der Waals surface area (Å²) in [5.41, 5.74) is 0.933. The Kier molecular flexibility index (Phi) is 3.54. The largest absolute Gasteiger partial charge is 0.349 e. The third-order valence-corrected chi connectivity index (χ3v) is 4.30. The van der Waals surface area contributed by atoms with E-state index in [9.17, 15) is 9.59 Å². The van der Waals surface area contributed by atoms with E-state index in [0.29, 0.717) is 17.4 Å². The van der Waals surface area contributed by atoms with Crippen LogP contribution in [0.15, 0.2) is 46.8 Å². The van der Waals surface area contributed by atoms with E-state index in [-0.39, 0.29) is 18.0 Å². The molecule has 0 aliphatic carbocycles. The molecule has 1 N–H and O–H groups in total. The zero-order valence-electron chi connectivity index (χ0n) is 12.4. The second kappa shape index (κ2) is 5.85. The molecule has 4 aromatic rings. The number of nitrogens with zero attached hydrogens (tertiary/aromatic N) is 5. The lowest BCUT2D eigenvalue weighted by Gasteiger charge is -2.05. The van der Waals surface area contributed by atoms with E-state index in [4.69, 9.17) is 0 Å². The van der Waals surface area contributed by atoms with Gasteiger partial charge in [-0.1, -0.05) is 17.3 Å². The maximum atomic E-state index is 12.3. The Hall–Kier alpha value is -3.07. The van der Waals surface area contributed by atoms with Gasteiger partial charge in [-0.2, -0.15) is 0 Å². The van der Waals surface area contributed by atoms with Crippen molar-refractivity contribution in [2.75, 3.05) is 0 Å². The van der Waals surface area contributed by atoms with E-state index in [1.807, 2.05) is 22.2 Å². The lowest BCUT2D eigenvalue weighted by molar-refractivity contribution is -0.122. The second-order valence-electron chi connectivity index (χ2n) is 5.17. The zero-order chi connectivity index (χ0) is 16.5. The van der Waals surface area contributed by atoms with Gasteiger partial charge in [-0.15, -0.1) is 16.4 Å². The highest BCUT2D eigenvalue weighted by Gasteiger charge is 2.10. The molecule has 0 radical (unpaired) electrons. The van der Waals surface area contributed by atoms with E-state index in [1.54, 1.807) is 24.3 Å². The van der Waals surface area contributed by atoms with Crippen LogP contribution < -0.4 is 10.9 Å². The fraction of sp³-hybridized carbons (Fsp3) is 0.133. The van der Waals surface area contributed by atoms with Gasteiger partial charge in [0.05, 0.1) is 17.6 Å². The highest BCUT2D eigenvalue weighted by molar-refractivity contribution is 7.15. The molecule has 0 fully saturated rings. The minimum atomic E-state index is -0.335. The third-order valence-electron chi connectivity index (χ3n) is 3.53. The van der Waals surface area contributed by atoms with Gasteiger partial charge in [0.25, 0.3) is 5.56 Å². The number of carbonyl (C=O) groups is 1. The number of aromatic nitrogens is 5.